The van der Waals surface area contributed by atoms with Crippen molar-refractivity contribution in [3.05, 3.63) is 46.4 Å². The maximum atomic E-state index is 12.3. The summed E-state index contributed by atoms with van der Waals surface area (Å²) < 4.78 is 22.5. The van der Waals surface area contributed by atoms with Crippen LogP contribution in [0.1, 0.15) is 12.5 Å². The van der Waals surface area contributed by atoms with Crippen LogP contribution >= 0.6 is 15.9 Å². The van der Waals surface area contributed by atoms with Crippen LogP contribution in [0.15, 0.2) is 40.9 Å². The summed E-state index contributed by atoms with van der Waals surface area (Å²) in [5.41, 5.74) is 0.823. The highest BCUT2D eigenvalue weighted by atomic mass is 79.9. The summed E-state index contributed by atoms with van der Waals surface area (Å²) in [5, 5.41) is 2.85. The Bertz CT molecular complexity index is 723. The third-order valence-electron chi connectivity index (χ3n) is 3.69. The third kappa shape index (κ3) is 5.05. The van der Waals surface area contributed by atoms with Crippen molar-refractivity contribution in [2.24, 2.45) is 0 Å². The Morgan fingerprint density at radius 1 is 1.04 bits per heavy atom. The zero-order chi connectivity index (χ0) is 19.1. The van der Waals surface area contributed by atoms with Crippen molar-refractivity contribution in [1.82, 2.24) is 5.32 Å². The van der Waals surface area contributed by atoms with Crippen LogP contribution in [0.5, 0.6) is 23.0 Å². The predicted octanol–water partition coefficient (Wildman–Crippen LogP) is 3.56. The van der Waals surface area contributed by atoms with Crippen molar-refractivity contribution in [1.29, 1.82) is 0 Å². The van der Waals surface area contributed by atoms with Crippen LogP contribution in [-0.4, -0.2) is 33.3 Å². The standard InChI is InChI=1S/C19H22BrNO5/c1-12(26-15-7-5-14(20)6-8-15)19(22)21-11-13-9-16(23-2)18(25-4)17(10-13)24-3/h5-10,12H,11H2,1-4H3,(H,21,22)/t12-/m0/s1. The van der Waals surface area contributed by atoms with Gasteiger partial charge in [0.1, 0.15) is 5.75 Å². The summed E-state index contributed by atoms with van der Waals surface area (Å²) in [6, 6.07) is 10.9. The number of carbonyl (C=O) groups excluding carboxylic acids is 1. The van der Waals surface area contributed by atoms with Gasteiger partial charge in [0.05, 0.1) is 21.3 Å². The van der Waals surface area contributed by atoms with Crippen molar-refractivity contribution >= 4 is 21.8 Å². The second kappa shape index (κ2) is 9.33. The van der Waals surface area contributed by atoms with Crippen LogP contribution in [0.3, 0.4) is 0 Å². The molecule has 0 aliphatic heterocycles. The number of methoxy groups -OCH3 is 3. The lowest BCUT2D eigenvalue weighted by Crippen LogP contribution is -2.35. The zero-order valence-corrected chi connectivity index (χ0v) is 16.8. The fourth-order valence-electron chi connectivity index (χ4n) is 2.34. The molecule has 6 nitrogen and oxygen atoms in total. The van der Waals surface area contributed by atoms with Crippen molar-refractivity contribution < 1.29 is 23.7 Å². The van der Waals surface area contributed by atoms with Gasteiger partial charge in [-0.1, -0.05) is 15.9 Å². The summed E-state index contributed by atoms with van der Waals surface area (Å²) in [5.74, 6) is 1.99. The van der Waals surface area contributed by atoms with E-state index >= 15 is 0 Å². The molecule has 2 aromatic carbocycles. The van der Waals surface area contributed by atoms with Crippen LogP contribution in [-0.2, 0) is 11.3 Å². The van der Waals surface area contributed by atoms with Gasteiger partial charge in [0.15, 0.2) is 17.6 Å². The molecule has 0 bridgehead atoms. The average Bonchev–Trinajstić information content (AvgIpc) is 2.66. The Hall–Kier alpha value is -2.41. The SMILES string of the molecule is COc1cc(CNC(=O)[C@H](C)Oc2ccc(Br)cc2)cc(OC)c1OC. The zero-order valence-electron chi connectivity index (χ0n) is 15.2. The Balaban J connectivity index is 2.00. The number of hydrogen-bond donors (Lipinski definition) is 1. The number of halogens is 1. The maximum absolute atomic E-state index is 12.3. The molecule has 0 saturated carbocycles. The largest absolute Gasteiger partial charge is 0.493 e. The quantitative estimate of drug-likeness (QED) is 0.702. The lowest BCUT2D eigenvalue weighted by molar-refractivity contribution is -0.127. The summed E-state index contributed by atoms with van der Waals surface area (Å²) in [6.45, 7) is 2.01. The third-order valence-corrected chi connectivity index (χ3v) is 4.22. The van der Waals surface area contributed by atoms with Gasteiger partial charge in [0, 0.05) is 11.0 Å². The van der Waals surface area contributed by atoms with E-state index in [1.54, 1.807) is 52.5 Å². The predicted molar refractivity (Wildman–Crippen MR) is 102 cm³/mol. The summed E-state index contributed by atoms with van der Waals surface area (Å²) in [6.07, 6.45) is -0.627. The molecule has 0 heterocycles. The van der Waals surface area contributed by atoms with Gasteiger partial charge in [-0.15, -0.1) is 0 Å². The molecule has 0 radical (unpaired) electrons. The van der Waals surface area contributed by atoms with Crippen LogP contribution in [0.2, 0.25) is 0 Å². The van der Waals surface area contributed by atoms with E-state index in [2.05, 4.69) is 21.2 Å². The molecule has 0 aromatic heterocycles. The van der Waals surface area contributed by atoms with Gasteiger partial charge in [-0.2, -0.15) is 0 Å². The normalized spacial score (nSPS) is 11.4. The first kappa shape index (κ1) is 19.9. The van der Waals surface area contributed by atoms with Crippen LogP contribution in [0, 0.1) is 0 Å². The van der Waals surface area contributed by atoms with Crippen molar-refractivity contribution in [2.75, 3.05) is 21.3 Å². The molecule has 140 valence electrons. The summed E-state index contributed by atoms with van der Waals surface area (Å²) in [4.78, 5) is 12.3. The second-order valence-corrected chi connectivity index (χ2v) is 6.38. The lowest BCUT2D eigenvalue weighted by atomic mass is 10.1. The molecule has 1 N–H and O–H groups in total. The Morgan fingerprint density at radius 3 is 2.12 bits per heavy atom. The fourth-order valence-corrected chi connectivity index (χ4v) is 2.61. The number of amides is 1. The maximum Gasteiger partial charge on any atom is 0.261 e. The van der Waals surface area contributed by atoms with Gasteiger partial charge >= 0.3 is 0 Å². The molecule has 1 atom stereocenters. The molecule has 2 rings (SSSR count). The highest BCUT2D eigenvalue weighted by molar-refractivity contribution is 9.10. The number of rotatable bonds is 8. The van der Waals surface area contributed by atoms with E-state index in [-0.39, 0.29) is 5.91 Å². The number of benzene rings is 2. The second-order valence-electron chi connectivity index (χ2n) is 5.47. The molecule has 0 spiro atoms. The van der Waals surface area contributed by atoms with E-state index in [9.17, 15) is 4.79 Å². The molecular weight excluding hydrogens is 402 g/mol. The van der Waals surface area contributed by atoms with Crippen molar-refractivity contribution in [3.8, 4) is 23.0 Å². The van der Waals surface area contributed by atoms with Gasteiger partial charge in [-0.05, 0) is 48.9 Å². The molecule has 0 aliphatic carbocycles. The molecule has 0 saturated heterocycles. The molecule has 7 heteroatoms. The lowest BCUT2D eigenvalue weighted by Gasteiger charge is -2.16. The molecule has 0 unspecified atom stereocenters. The van der Waals surface area contributed by atoms with E-state index in [0.717, 1.165) is 10.0 Å². The highest BCUT2D eigenvalue weighted by Crippen LogP contribution is 2.38. The minimum Gasteiger partial charge on any atom is -0.493 e. The first-order chi connectivity index (χ1) is 12.5. The first-order valence-corrected chi connectivity index (χ1v) is 8.76. The molecule has 1 amide bonds. The molecule has 26 heavy (non-hydrogen) atoms. The molecular formula is C19H22BrNO5. The number of carbonyl (C=O) groups is 1. The van der Waals surface area contributed by atoms with E-state index < -0.39 is 6.10 Å². The fraction of sp³-hybridized carbons (Fsp3) is 0.316. The van der Waals surface area contributed by atoms with Gasteiger partial charge in [-0.25, -0.2) is 0 Å². The van der Waals surface area contributed by atoms with E-state index in [1.165, 1.54) is 0 Å². The van der Waals surface area contributed by atoms with Crippen molar-refractivity contribution in [2.45, 2.75) is 19.6 Å². The average molecular weight is 424 g/mol. The van der Waals surface area contributed by atoms with E-state index in [0.29, 0.717) is 29.5 Å². The Morgan fingerprint density at radius 2 is 1.62 bits per heavy atom. The van der Waals surface area contributed by atoms with E-state index in [1.807, 2.05) is 12.1 Å². The molecule has 0 fully saturated rings. The van der Waals surface area contributed by atoms with Crippen LogP contribution in [0.25, 0.3) is 0 Å². The molecule has 0 aliphatic rings. The summed E-state index contributed by atoms with van der Waals surface area (Å²) in [7, 11) is 4.64. The smallest absolute Gasteiger partial charge is 0.261 e. The van der Waals surface area contributed by atoms with Gasteiger partial charge in [0.25, 0.3) is 5.91 Å². The topological polar surface area (TPSA) is 66.0 Å². The van der Waals surface area contributed by atoms with Crippen LogP contribution < -0.4 is 24.3 Å². The van der Waals surface area contributed by atoms with Crippen molar-refractivity contribution in [3.63, 3.8) is 0 Å². The van der Waals surface area contributed by atoms with Crippen LogP contribution in [0.4, 0.5) is 0 Å². The molecule has 2 aromatic rings. The first-order valence-electron chi connectivity index (χ1n) is 7.97. The minimum absolute atomic E-state index is 0.221. The number of nitrogens with one attached hydrogen (secondary N) is 1. The van der Waals surface area contributed by atoms with Gasteiger partial charge in [-0.3, -0.25) is 4.79 Å². The number of ether oxygens (including phenoxy) is 4. The number of hydrogen-bond acceptors (Lipinski definition) is 5. The van der Waals surface area contributed by atoms with Gasteiger partial charge in [0.2, 0.25) is 5.75 Å². The summed E-state index contributed by atoms with van der Waals surface area (Å²) >= 11 is 3.36. The Labute approximate surface area is 161 Å². The minimum atomic E-state index is -0.627. The highest BCUT2D eigenvalue weighted by Gasteiger charge is 2.16. The monoisotopic (exact) mass is 423 g/mol. The van der Waals surface area contributed by atoms with E-state index in [4.69, 9.17) is 18.9 Å². The van der Waals surface area contributed by atoms with Gasteiger partial charge < -0.3 is 24.3 Å². The Kier molecular flexibility index (Phi) is 7.15.